The van der Waals surface area contributed by atoms with Crippen molar-refractivity contribution < 1.29 is 4.92 Å². The number of nitrogens with zero attached hydrogens (tertiary/aromatic N) is 1. The molecule has 1 fully saturated rings. The fourth-order valence-corrected chi connectivity index (χ4v) is 2.13. The average molecular weight is 234 g/mol. The lowest BCUT2D eigenvalue weighted by Gasteiger charge is -2.15. The molecule has 1 aliphatic carbocycles. The third-order valence-corrected chi connectivity index (χ3v) is 3.35. The van der Waals surface area contributed by atoms with E-state index in [1.54, 1.807) is 12.1 Å². The maximum atomic E-state index is 10.5. The summed E-state index contributed by atoms with van der Waals surface area (Å²) in [5.41, 5.74) is 1.26. The van der Waals surface area contributed by atoms with Crippen LogP contribution in [0.5, 0.6) is 0 Å². The lowest BCUT2D eigenvalue weighted by molar-refractivity contribution is -0.384. The van der Waals surface area contributed by atoms with Crippen molar-refractivity contribution in [2.24, 2.45) is 5.92 Å². The van der Waals surface area contributed by atoms with Crippen LogP contribution >= 0.6 is 0 Å². The summed E-state index contributed by atoms with van der Waals surface area (Å²) in [6, 6.07) is 7.38. The Kier molecular flexibility index (Phi) is 3.74. The van der Waals surface area contributed by atoms with E-state index in [-0.39, 0.29) is 10.6 Å². The lowest BCUT2D eigenvalue weighted by atomic mass is 10.1. The van der Waals surface area contributed by atoms with Gasteiger partial charge >= 0.3 is 0 Å². The molecule has 0 bridgehead atoms. The second-order valence-electron chi connectivity index (χ2n) is 4.66. The van der Waals surface area contributed by atoms with Crippen molar-refractivity contribution in [1.82, 2.24) is 5.32 Å². The van der Waals surface area contributed by atoms with Crippen LogP contribution in [0.3, 0.4) is 0 Å². The van der Waals surface area contributed by atoms with E-state index in [2.05, 4.69) is 12.2 Å². The van der Waals surface area contributed by atoms with Crippen molar-refractivity contribution in [3.63, 3.8) is 0 Å². The summed E-state index contributed by atoms with van der Waals surface area (Å²) in [4.78, 5) is 10.1. The van der Waals surface area contributed by atoms with E-state index < -0.39 is 0 Å². The Morgan fingerprint density at radius 2 is 2.06 bits per heavy atom. The molecular formula is C13H18N2O2. The number of nitro groups is 1. The van der Waals surface area contributed by atoms with E-state index in [0.29, 0.717) is 6.04 Å². The van der Waals surface area contributed by atoms with Gasteiger partial charge in [-0.15, -0.1) is 0 Å². The first-order chi connectivity index (χ1) is 8.20. The zero-order valence-electron chi connectivity index (χ0n) is 10.1. The highest BCUT2D eigenvalue weighted by Crippen LogP contribution is 2.34. The van der Waals surface area contributed by atoms with E-state index in [4.69, 9.17) is 0 Å². The van der Waals surface area contributed by atoms with E-state index in [1.165, 1.54) is 12.8 Å². The van der Waals surface area contributed by atoms with E-state index in [0.717, 1.165) is 24.4 Å². The highest BCUT2D eigenvalue weighted by molar-refractivity contribution is 5.32. The van der Waals surface area contributed by atoms with Gasteiger partial charge in [0.1, 0.15) is 0 Å². The summed E-state index contributed by atoms with van der Waals surface area (Å²) in [7, 11) is 0. The lowest BCUT2D eigenvalue weighted by Crippen LogP contribution is -2.29. The maximum absolute atomic E-state index is 10.5. The van der Waals surface area contributed by atoms with Crippen LogP contribution in [0.1, 0.15) is 31.7 Å². The van der Waals surface area contributed by atoms with Crippen LogP contribution in [0.25, 0.3) is 0 Å². The van der Waals surface area contributed by atoms with Crippen molar-refractivity contribution in [3.05, 3.63) is 39.9 Å². The number of hydrogen-bond donors (Lipinski definition) is 1. The van der Waals surface area contributed by atoms with Gasteiger partial charge in [-0.2, -0.15) is 0 Å². The number of hydrogen-bond acceptors (Lipinski definition) is 3. The molecule has 1 N–H and O–H groups in total. The van der Waals surface area contributed by atoms with Gasteiger partial charge in [0.15, 0.2) is 0 Å². The molecule has 92 valence electrons. The highest BCUT2D eigenvalue weighted by Gasteiger charge is 2.29. The molecule has 1 aromatic rings. The Morgan fingerprint density at radius 3 is 2.53 bits per heavy atom. The first kappa shape index (κ1) is 12.0. The quantitative estimate of drug-likeness (QED) is 0.608. The molecule has 1 unspecified atom stereocenters. The van der Waals surface area contributed by atoms with E-state index in [9.17, 15) is 10.1 Å². The van der Waals surface area contributed by atoms with Gasteiger partial charge in [0.2, 0.25) is 0 Å². The largest absolute Gasteiger partial charge is 0.310 e. The van der Waals surface area contributed by atoms with E-state index >= 15 is 0 Å². The van der Waals surface area contributed by atoms with E-state index in [1.807, 2.05) is 12.1 Å². The molecule has 1 aromatic carbocycles. The smallest absolute Gasteiger partial charge is 0.269 e. The number of nitrogens with one attached hydrogen (secondary N) is 1. The molecular weight excluding hydrogens is 216 g/mol. The molecule has 1 saturated carbocycles. The van der Waals surface area contributed by atoms with Gasteiger partial charge in [0.05, 0.1) is 4.92 Å². The summed E-state index contributed by atoms with van der Waals surface area (Å²) in [5, 5.41) is 14.0. The molecule has 0 aromatic heterocycles. The SMILES string of the molecule is CCC(NCc1ccc([N+](=O)[O-])cc1)C1CC1. The molecule has 4 nitrogen and oxygen atoms in total. The summed E-state index contributed by atoms with van der Waals surface area (Å²) in [5.74, 6) is 0.845. The number of rotatable bonds is 6. The van der Waals surface area contributed by atoms with Crippen molar-refractivity contribution >= 4 is 5.69 Å². The Balaban J connectivity index is 1.87. The second-order valence-corrected chi connectivity index (χ2v) is 4.66. The molecule has 0 spiro atoms. The Morgan fingerprint density at radius 1 is 1.41 bits per heavy atom. The van der Waals surface area contributed by atoms with Crippen LogP contribution in [0, 0.1) is 16.0 Å². The van der Waals surface area contributed by atoms with Crippen LogP contribution in [-0.2, 0) is 6.54 Å². The Hall–Kier alpha value is -1.42. The number of benzene rings is 1. The molecule has 0 saturated heterocycles. The normalized spacial score (nSPS) is 16.8. The van der Waals surface area contributed by atoms with Crippen molar-refractivity contribution in [3.8, 4) is 0 Å². The Labute approximate surface area is 101 Å². The standard InChI is InChI=1S/C13H18N2O2/c1-2-13(11-5-6-11)14-9-10-3-7-12(8-4-10)15(16)17/h3-4,7-8,11,13-14H,2,5-6,9H2,1H3. The zero-order chi connectivity index (χ0) is 12.3. The van der Waals surface area contributed by atoms with Crippen molar-refractivity contribution in [1.29, 1.82) is 0 Å². The predicted octanol–water partition coefficient (Wildman–Crippen LogP) is 2.87. The maximum Gasteiger partial charge on any atom is 0.269 e. The molecule has 0 heterocycles. The third kappa shape index (κ3) is 3.27. The second kappa shape index (κ2) is 5.27. The topological polar surface area (TPSA) is 55.2 Å². The fourth-order valence-electron chi connectivity index (χ4n) is 2.13. The number of non-ortho nitro benzene ring substituents is 1. The third-order valence-electron chi connectivity index (χ3n) is 3.35. The number of nitro benzene ring substituents is 1. The van der Waals surface area contributed by atoms with Gasteiger partial charge < -0.3 is 5.32 Å². The summed E-state index contributed by atoms with van der Waals surface area (Å²) >= 11 is 0. The van der Waals surface area contributed by atoms with Crippen LogP contribution in [0.15, 0.2) is 24.3 Å². The van der Waals surface area contributed by atoms with Gasteiger partial charge in [-0.3, -0.25) is 10.1 Å². The first-order valence-corrected chi connectivity index (χ1v) is 6.17. The van der Waals surface area contributed by atoms with Gasteiger partial charge in [-0.05, 0) is 30.7 Å². The average Bonchev–Trinajstić information content (AvgIpc) is 3.15. The van der Waals surface area contributed by atoms with Crippen LogP contribution < -0.4 is 5.32 Å². The molecule has 17 heavy (non-hydrogen) atoms. The van der Waals surface area contributed by atoms with Crippen LogP contribution in [0.2, 0.25) is 0 Å². The fraction of sp³-hybridized carbons (Fsp3) is 0.538. The van der Waals surface area contributed by atoms with Crippen LogP contribution in [-0.4, -0.2) is 11.0 Å². The van der Waals surface area contributed by atoms with Crippen molar-refractivity contribution in [2.75, 3.05) is 0 Å². The minimum absolute atomic E-state index is 0.156. The van der Waals surface area contributed by atoms with Crippen LogP contribution in [0.4, 0.5) is 5.69 Å². The summed E-state index contributed by atoms with van der Waals surface area (Å²) in [6.07, 6.45) is 3.83. The summed E-state index contributed by atoms with van der Waals surface area (Å²) in [6.45, 7) is 3.00. The molecule has 0 radical (unpaired) electrons. The monoisotopic (exact) mass is 234 g/mol. The summed E-state index contributed by atoms with van der Waals surface area (Å²) < 4.78 is 0. The van der Waals surface area contributed by atoms with Gasteiger partial charge in [0, 0.05) is 24.7 Å². The molecule has 2 rings (SSSR count). The molecule has 0 amide bonds. The Bertz CT molecular complexity index is 385. The van der Waals surface area contributed by atoms with Gasteiger partial charge in [-0.1, -0.05) is 19.1 Å². The molecule has 0 aliphatic heterocycles. The highest BCUT2D eigenvalue weighted by atomic mass is 16.6. The minimum atomic E-state index is -0.365. The molecule has 4 heteroatoms. The predicted molar refractivity (Wildman–Crippen MR) is 66.7 cm³/mol. The first-order valence-electron chi connectivity index (χ1n) is 6.17. The zero-order valence-corrected chi connectivity index (χ0v) is 10.1. The molecule has 1 atom stereocenters. The van der Waals surface area contributed by atoms with Gasteiger partial charge in [0.25, 0.3) is 5.69 Å². The molecule has 1 aliphatic rings. The minimum Gasteiger partial charge on any atom is -0.310 e. The van der Waals surface area contributed by atoms with Gasteiger partial charge in [-0.25, -0.2) is 0 Å². The van der Waals surface area contributed by atoms with Crippen molar-refractivity contribution in [2.45, 2.75) is 38.8 Å².